The highest BCUT2D eigenvalue weighted by molar-refractivity contribution is 6.34. The summed E-state index contributed by atoms with van der Waals surface area (Å²) in [5, 5.41) is 9.07. The van der Waals surface area contributed by atoms with Gasteiger partial charge in [-0.25, -0.2) is 0 Å². The number of rotatable bonds is 5. The summed E-state index contributed by atoms with van der Waals surface area (Å²) in [6.07, 6.45) is 0.844. The van der Waals surface area contributed by atoms with Gasteiger partial charge in [-0.05, 0) is 27.2 Å². The summed E-state index contributed by atoms with van der Waals surface area (Å²) in [6, 6.07) is 0. The zero-order chi connectivity index (χ0) is 8.91. The van der Waals surface area contributed by atoms with Crippen LogP contribution in [0.4, 0.5) is 0 Å². The highest BCUT2D eigenvalue weighted by Gasteiger charge is 2.25. The molecule has 3 nitrogen and oxygen atoms in total. The largest absolute Gasteiger partial charge is 0.637 e. The third kappa shape index (κ3) is 5.24. The van der Waals surface area contributed by atoms with Crippen molar-refractivity contribution in [3.8, 4) is 0 Å². The van der Waals surface area contributed by atoms with Crippen molar-refractivity contribution in [1.29, 1.82) is 0 Å². The Morgan fingerprint density at radius 2 is 1.91 bits per heavy atom. The topological polar surface area (TPSA) is 38.7 Å². The van der Waals surface area contributed by atoms with Crippen molar-refractivity contribution < 1.29 is 14.3 Å². The molecule has 0 aliphatic heterocycles. The third-order valence-corrected chi connectivity index (χ3v) is 1.58. The molecule has 0 heterocycles. The smallest absolute Gasteiger partial charge is 0.402 e. The summed E-state index contributed by atoms with van der Waals surface area (Å²) in [5.74, 6) is 0. The lowest BCUT2D eigenvalue weighted by Gasteiger charge is -2.24. The van der Waals surface area contributed by atoms with Crippen LogP contribution in [0, 0.1) is 0 Å². The van der Waals surface area contributed by atoms with Crippen LogP contribution in [-0.2, 0) is 9.31 Å². The second kappa shape index (κ2) is 4.75. The Morgan fingerprint density at radius 3 is 2.27 bits per heavy atom. The SMILES string of the molecule is CCOB(O)OC(C)(C)CC. The molecule has 0 aromatic carbocycles. The second-order valence-corrected chi connectivity index (χ2v) is 2.99. The molecule has 4 heteroatoms. The molecule has 0 rings (SSSR count). The molecule has 0 aromatic heterocycles. The first-order valence-corrected chi connectivity index (χ1v) is 3.99. The first-order valence-electron chi connectivity index (χ1n) is 3.99. The summed E-state index contributed by atoms with van der Waals surface area (Å²) in [5.41, 5.74) is -0.311. The van der Waals surface area contributed by atoms with Crippen LogP contribution < -0.4 is 0 Å². The zero-order valence-electron chi connectivity index (χ0n) is 7.76. The van der Waals surface area contributed by atoms with Gasteiger partial charge in [0.1, 0.15) is 0 Å². The van der Waals surface area contributed by atoms with Gasteiger partial charge in [0, 0.05) is 6.61 Å². The van der Waals surface area contributed by atoms with E-state index in [1.165, 1.54) is 0 Å². The van der Waals surface area contributed by atoms with Crippen molar-refractivity contribution in [3.05, 3.63) is 0 Å². The van der Waals surface area contributed by atoms with Crippen molar-refractivity contribution >= 4 is 7.32 Å². The van der Waals surface area contributed by atoms with E-state index in [1.807, 2.05) is 27.7 Å². The molecule has 1 N–H and O–H groups in total. The average Bonchev–Trinajstić information content (AvgIpc) is 1.87. The normalized spacial score (nSPS) is 11.7. The van der Waals surface area contributed by atoms with Gasteiger partial charge >= 0.3 is 7.32 Å². The van der Waals surface area contributed by atoms with Crippen LogP contribution in [0.1, 0.15) is 34.1 Å². The molecule has 0 bridgehead atoms. The summed E-state index contributed by atoms with van der Waals surface area (Å²) in [4.78, 5) is 0. The molecule has 11 heavy (non-hydrogen) atoms. The molecule has 0 aliphatic rings. The summed E-state index contributed by atoms with van der Waals surface area (Å²) in [7, 11) is -1.09. The van der Waals surface area contributed by atoms with Crippen molar-refractivity contribution in [3.63, 3.8) is 0 Å². The Morgan fingerprint density at radius 1 is 1.36 bits per heavy atom. The highest BCUT2D eigenvalue weighted by Crippen LogP contribution is 2.14. The fraction of sp³-hybridized carbons (Fsp3) is 1.00. The van der Waals surface area contributed by atoms with Gasteiger partial charge in [-0.3, -0.25) is 0 Å². The highest BCUT2D eigenvalue weighted by atomic mass is 16.7. The molecule has 0 amide bonds. The molecule has 0 spiro atoms. The minimum Gasteiger partial charge on any atom is -0.402 e. The van der Waals surface area contributed by atoms with Gasteiger partial charge in [0.15, 0.2) is 0 Å². The fourth-order valence-corrected chi connectivity index (χ4v) is 0.533. The van der Waals surface area contributed by atoms with Crippen LogP contribution in [0.15, 0.2) is 0 Å². The second-order valence-electron chi connectivity index (χ2n) is 2.99. The number of hydrogen-bond acceptors (Lipinski definition) is 3. The van der Waals surface area contributed by atoms with Gasteiger partial charge in [0.25, 0.3) is 0 Å². The average molecular weight is 160 g/mol. The Labute approximate surface area is 68.9 Å². The van der Waals surface area contributed by atoms with Crippen molar-refractivity contribution in [2.75, 3.05) is 6.61 Å². The maximum Gasteiger partial charge on any atom is 0.637 e. The van der Waals surface area contributed by atoms with Crippen LogP contribution in [-0.4, -0.2) is 24.6 Å². The quantitative estimate of drug-likeness (QED) is 0.614. The van der Waals surface area contributed by atoms with Gasteiger partial charge in [0.05, 0.1) is 5.60 Å². The summed E-state index contributed by atoms with van der Waals surface area (Å²) >= 11 is 0. The van der Waals surface area contributed by atoms with E-state index >= 15 is 0 Å². The van der Waals surface area contributed by atoms with Crippen LogP contribution >= 0.6 is 0 Å². The van der Waals surface area contributed by atoms with Crippen LogP contribution in [0.5, 0.6) is 0 Å². The molecule has 0 unspecified atom stereocenters. The molecule has 0 aromatic rings. The number of hydrogen-bond donors (Lipinski definition) is 1. The van der Waals surface area contributed by atoms with Crippen LogP contribution in [0.3, 0.4) is 0 Å². The molecule has 0 radical (unpaired) electrons. The standard InChI is InChI=1S/C7H17BO3/c1-5-7(3,4)11-8(9)10-6-2/h9H,5-6H2,1-4H3. The van der Waals surface area contributed by atoms with E-state index in [0.29, 0.717) is 6.61 Å². The molecule has 0 saturated carbocycles. The zero-order valence-corrected chi connectivity index (χ0v) is 7.76. The van der Waals surface area contributed by atoms with E-state index in [2.05, 4.69) is 0 Å². The van der Waals surface area contributed by atoms with E-state index in [4.69, 9.17) is 14.3 Å². The molecule has 0 aliphatic carbocycles. The Balaban J connectivity index is 3.64. The molecular formula is C7H17BO3. The van der Waals surface area contributed by atoms with Gasteiger partial charge in [-0.1, -0.05) is 6.92 Å². The van der Waals surface area contributed by atoms with Crippen molar-refractivity contribution in [1.82, 2.24) is 0 Å². The lowest BCUT2D eigenvalue weighted by Crippen LogP contribution is -2.35. The minimum atomic E-state index is -1.09. The van der Waals surface area contributed by atoms with Crippen molar-refractivity contribution in [2.45, 2.75) is 39.7 Å². The van der Waals surface area contributed by atoms with Gasteiger partial charge in [-0.2, -0.15) is 0 Å². The predicted molar refractivity (Wildman–Crippen MR) is 45.1 cm³/mol. The third-order valence-electron chi connectivity index (χ3n) is 1.58. The molecule has 66 valence electrons. The van der Waals surface area contributed by atoms with Gasteiger partial charge in [-0.15, -0.1) is 0 Å². The maximum atomic E-state index is 9.07. The molecule has 0 atom stereocenters. The van der Waals surface area contributed by atoms with Gasteiger partial charge < -0.3 is 14.3 Å². The predicted octanol–water partition coefficient (Wildman–Crippen LogP) is 1.21. The first kappa shape index (κ1) is 10.9. The molecular weight excluding hydrogens is 143 g/mol. The summed E-state index contributed by atoms with van der Waals surface area (Å²) in [6.45, 7) is 8.09. The fourth-order valence-electron chi connectivity index (χ4n) is 0.533. The summed E-state index contributed by atoms with van der Waals surface area (Å²) < 4.78 is 9.97. The van der Waals surface area contributed by atoms with E-state index in [1.54, 1.807) is 0 Å². The first-order chi connectivity index (χ1) is 5.02. The van der Waals surface area contributed by atoms with Crippen LogP contribution in [0.25, 0.3) is 0 Å². The Bertz CT molecular complexity index is 106. The maximum absolute atomic E-state index is 9.07. The lowest BCUT2D eigenvalue weighted by atomic mass is 10.0. The molecule has 0 fully saturated rings. The van der Waals surface area contributed by atoms with E-state index < -0.39 is 7.32 Å². The van der Waals surface area contributed by atoms with Crippen molar-refractivity contribution in [2.24, 2.45) is 0 Å². The Hall–Kier alpha value is -0.0551. The minimum absolute atomic E-state index is 0.311. The Kier molecular flexibility index (Phi) is 4.72. The van der Waals surface area contributed by atoms with Gasteiger partial charge in [0.2, 0.25) is 0 Å². The van der Waals surface area contributed by atoms with E-state index in [0.717, 1.165) is 6.42 Å². The van der Waals surface area contributed by atoms with Crippen LogP contribution in [0.2, 0.25) is 0 Å². The van der Waals surface area contributed by atoms with E-state index in [-0.39, 0.29) is 5.60 Å². The monoisotopic (exact) mass is 160 g/mol. The van der Waals surface area contributed by atoms with E-state index in [9.17, 15) is 0 Å². The molecule has 0 saturated heterocycles. The lowest BCUT2D eigenvalue weighted by molar-refractivity contribution is 0.0301.